The van der Waals surface area contributed by atoms with Gasteiger partial charge in [-0.25, -0.2) is 0 Å². The summed E-state index contributed by atoms with van der Waals surface area (Å²) in [4.78, 5) is 21.7. The van der Waals surface area contributed by atoms with Crippen LogP contribution in [-0.4, -0.2) is 69.6 Å². The number of carbonyl (C=O) groups excluding carboxylic acids is 1. The maximum Gasteiger partial charge on any atom is 0.305 e. The molecule has 0 saturated heterocycles. The summed E-state index contributed by atoms with van der Waals surface area (Å²) in [5, 5.41) is 8.49. The molecule has 0 amide bonds. The maximum absolute atomic E-state index is 11.3. The van der Waals surface area contributed by atoms with Gasteiger partial charge in [-0.3, -0.25) is 9.59 Å². The molecule has 0 radical (unpaired) electrons. The summed E-state index contributed by atoms with van der Waals surface area (Å²) in [6, 6.07) is 0. The van der Waals surface area contributed by atoms with Gasteiger partial charge in [0, 0.05) is 26.1 Å². The van der Waals surface area contributed by atoms with Crippen LogP contribution in [0.4, 0.5) is 0 Å². The third kappa shape index (κ3) is 19.3. The predicted octanol–water partition coefficient (Wildman–Crippen LogP) is 2.78. The topological polar surface area (TPSA) is 101 Å². The molecule has 0 bridgehead atoms. The Morgan fingerprint density at radius 1 is 0.778 bits per heavy atom. The van der Waals surface area contributed by atoms with Crippen molar-refractivity contribution in [3.05, 3.63) is 0 Å². The highest BCUT2D eigenvalue weighted by Crippen LogP contribution is 2.02. The molecule has 160 valence electrons. The van der Waals surface area contributed by atoms with Crippen molar-refractivity contribution in [2.45, 2.75) is 65.1 Å². The van der Waals surface area contributed by atoms with Gasteiger partial charge >= 0.3 is 11.9 Å². The molecule has 1 N–H and O–H groups in total. The standard InChI is InChI=1S/C19H36O8/c1-3-5-10-26-19(27-11-6-4-2)16-24-13-12-23-14-15-25-18(22)9-7-8-17(20)21/h19H,3-16H2,1-2H3,(H,20,21). The van der Waals surface area contributed by atoms with Gasteiger partial charge in [0.25, 0.3) is 0 Å². The van der Waals surface area contributed by atoms with Gasteiger partial charge in [0.15, 0.2) is 6.29 Å². The summed E-state index contributed by atoms with van der Waals surface area (Å²) in [6.07, 6.45) is 4.12. The van der Waals surface area contributed by atoms with Crippen molar-refractivity contribution in [3.8, 4) is 0 Å². The maximum atomic E-state index is 11.3. The monoisotopic (exact) mass is 392 g/mol. The van der Waals surface area contributed by atoms with E-state index in [1.54, 1.807) is 0 Å². The Balaban J connectivity index is 3.58. The van der Waals surface area contributed by atoms with E-state index in [2.05, 4.69) is 13.8 Å². The van der Waals surface area contributed by atoms with Crippen molar-refractivity contribution in [2.75, 3.05) is 46.2 Å². The zero-order valence-corrected chi connectivity index (χ0v) is 16.8. The molecule has 0 aliphatic carbocycles. The number of carboxylic acid groups (broad SMARTS) is 1. The summed E-state index contributed by atoms with van der Waals surface area (Å²) in [5.41, 5.74) is 0. The smallest absolute Gasteiger partial charge is 0.305 e. The second-order valence-corrected chi connectivity index (χ2v) is 6.03. The second-order valence-electron chi connectivity index (χ2n) is 6.03. The highest BCUT2D eigenvalue weighted by atomic mass is 16.7. The average Bonchev–Trinajstić information content (AvgIpc) is 2.63. The van der Waals surface area contributed by atoms with Crippen LogP contribution < -0.4 is 0 Å². The number of hydrogen-bond acceptors (Lipinski definition) is 7. The van der Waals surface area contributed by atoms with Crippen LogP contribution in [0.2, 0.25) is 0 Å². The van der Waals surface area contributed by atoms with Gasteiger partial charge in [-0.05, 0) is 19.3 Å². The van der Waals surface area contributed by atoms with Crippen LogP contribution in [-0.2, 0) is 33.3 Å². The van der Waals surface area contributed by atoms with Crippen LogP contribution in [0.15, 0.2) is 0 Å². The predicted molar refractivity (Wildman–Crippen MR) is 99.6 cm³/mol. The molecule has 0 heterocycles. The molecule has 0 fully saturated rings. The van der Waals surface area contributed by atoms with Crippen molar-refractivity contribution >= 4 is 11.9 Å². The van der Waals surface area contributed by atoms with E-state index in [0.717, 1.165) is 25.7 Å². The number of esters is 1. The van der Waals surface area contributed by atoms with E-state index in [9.17, 15) is 9.59 Å². The number of carbonyl (C=O) groups is 2. The van der Waals surface area contributed by atoms with Gasteiger partial charge in [0.2, 0.25) is 0 Å². The Kier molecular flexibility index (Phi) is 18.7. The number of rotatable bonds is 20. The molecule has 8 heteroatoms. The molecule has 0 aromatic heterocycles. The van der Waals surface area contributed by atoms with E-state index in [4.69, 9.17) is 28.8 Å². The first-order valence-electron chi connectivity index (χ1n) is 9.86. The minimum Gasteiger partial charge on any atom is -0.481 e. The van der Waals surface area contributed by atoms with Crippen molar-refractivity contribution in [3.63, 3.8) is 0 Å². The molecular formula is C19H36O8. The minimum atomic E-state index is -0.917. The molecule has 0 aliphatic heterocycles. The molecule has 8 nitrogen and oxygen atoms in total. The Morgan fingerprint density at radius 3 is 1.96 bits per heavy atom. The number of unbranched alkanes of at least 4 members (excludes halogenated alkanes) is 2. The lowest BCUT2D eigenvalue weighted by molar-refractivity contribution is -0.175. The third-order valence-corrected chi connectivity index (χ3v) is 3.49. The molecule has 0 aromatic rings. The van der Waals surface area contributed by atoms with Crippen molar-refractivity contribution in [2.24, 2.45) is 0 Å². The van der Waals surface area contributed by atoms with Gasteiger partial charge in [0.1, 0.15) is 6.61 Å². The van der Waals surface area contributed by atoms with Crippen LogP contribution in [0.25, 0.3) is 0 Å². The summed E-state index contributed by atoms with van der Waals surface area (Å²) in [7, 11) is 0. The first kappa shape index (κ1) is 25.8. The molecule has 0 aliphatic rings. The van der Waals surface area contributed by atoms with E-state index in [-0.39, 0.29) is 38.8 Å². The van der Waals surface area contributed by atoms with Gasteiger partial charge in [-0.2, -0.15) is 0 Å². The van der Waals surface area contributed by atoms with Crippen LogP contribution in [0, 0.1) is 0 Å². The molecule has 0 aromatic carbocycles. The summed E-state index contributed by atoms with van der Waals surface area (Å²) in [5.74, 6) is -1.33. The number of ether oxygens (including phenoxy) is 5. The summed E-state index contributed by atoms with van der Waals surface area (Å²) in [6.45, 7) is 7.09. The second kappa shape index (κ2) is 19.5. The number of aliphatic carboxylic acids is 1. The van der Waals surface area contributed by atoms with Gasteiger partial charge in [-0.1, -0.05) is 26.7 Å². The summed E-state index contributed by atoms with van der Waals surface area (Å²) >= 11 is 0. The zero-order valence-electron chi connectivity index (χ0n) is 16.8. The van der Waals surface area contributed by atoms with E-state index in [0.29, 0.717) is 33.0 Å². The lowest BCUT2D eigenvalue weighted by atomic mass is 10.2. The highest BCUT2D eigenvalue weighted by molar-refractivity contribution is 5.71. The van der Waals surface area contributed by atoms with E-state index in [1.165, 1.54) is 0 Å². The van der Waals surface area contributed by atoms with Crippen LogP contribution in [0.3, 0.4) is 0 Å². The van der Waals surface area contributed by atoms with Gasteiger partial charge in [-0.15, -0.1) is 0 Å². The molecule has 0 unspecified atom stereocenters. The van der Waals surface area contributed by atoms with Crippen LogP contribution >= 0.6 is 0 Å². The largest absolute Gasteiger partial charge is 0.481 e. The highest BCUT2D eigenvalue weighted by Gasteiger charge is 2.09. The van der Waals surface area contributed by atoms with Crippen LogP contribution in [0.5, 0.6) is 0 Å². The zero-order chi connectivity index (χ0) is 20.2. The van der Waals surface area contributed by atoms with E-state index >= 15 is 0 Å². The average molecular weight is 392 g/mol. The lowest BCUT2D eigenvalue weighted by Crippen LogP contribution is -2.25. The quantitative estimate of drug-likeness (QED) is 0.192. The molecule has 0 saturated carbocycles. The third-order valence-electron chi connectivity index (χ3n) is 3.49. The van der Waals surface area contributed by atoms with E-state index < -0.39 is 11.9 Å². The van der Waals surface area contributed by atoms with Crippen molar-refractivity contribution in [1.82, 2.24) is 0 Å². The molecule has 0 spiro atoms. The normalized spacial score (nSPS) is 11.1. The molecule has 0 atom stereocenters. The van der Waals surface area contributed by atoms with Gasteiger partial charge in [0.05, 0.1) is 26.4 Å². The van der Waals surface area contributed by atoms with Crippen molar-refractivity contribution < 1.29 is 38.4 Å². The first-order chi connectivity index (χ1) is 13.1. The first-order valence-corrected chi connectivity index (χ1v) is 9.86. The Morgan fingerprint density at radius 2 is 1.37 bits per heavy atom. The summed E-state index contributed by atoms with van der Waals surface area (Å²) < 4.78 is 27.1. The molecule has 27 heavy (non-hydrogen) atoms. The Bertz CT molecular complexity index is 352. The van der Waals surface area contributed by atoms with Crippen molar-refractivity contribution in [1.29, 1.82) is 0 Å². The minimum absolute atomic E-state index is 0.0335. The van der Waals surface area contributed by atoms with E-state index in [1.807, 2.05) is 0 Å². The Labute approximate surface area is 162 Å². The number of hydrogen-bond donors (Lipinski definition) is 1. The SMILES string of the molecule is CCCCOC(COCCOCCOC(=O)CCCC(=O)O)OCCCC. The fourth-order valence-electron chi connectivity index (χ4n) is 1.93. The fraction of sp³-hybridized carbons (Fsp3) is 0.895. The molecule has 0 rings (SSSR count). The molecular weight excluding hydrogens is 356 g/mol. The Hall–Kier alpha value is -1.22. The lowest BCUT2D eigenvalue weighted by Gasteiger charge is -2.18. The van der Waals surface area contributed by atoms with Gasteiger partial charge < -0.3 is 28.8 Å². The fourth-order valence-corrected chi connectivity index (χ4v) is 1.93. The number of carboxylic acids is 1. The van der Waals surface area contributed by atoms with Crippen LogP contribution in [0.1, 0.15) is 58.8 Å².